The number of anilines is 3. The van der Waals surface area contributed by atoms with Crippen molar-refractivity contribution < 1.29 is 13.2 Å². The minimum absolute atomic E-state index is 0.141. The van der Waals surface area contributed by atoms with Crippen LogP contribution >= 0.6 is 11.6 Å². The van der Waals surface area contributed by atoms with Crippen LogP contribution in [0, 0.1) is 12.8 Å². The summed E-state index contributed by atoms with van der Waals surface area (Å²) in [5.41, 5.74) is 0.0517. The van der Waals surface area contributed by atoms with Crippen molar-refractivity contribution in [3.8, 4) is 0 Å². The molecule has 25 heavy (non-hydrogen) atoms. The van der Waals surface area contributed by atoms with Gasteiger partial charge < -0.3 is 10.6 Å². The maximum atomic E-state index is 12.9. The highest BCUT2D eigenvalue weighted by molar-refractivity contribution is 6.33. The molecule has 2 rings (SSSR count). The van der Waals surface area contributed by atoms with E-state index < -0.39 is 11.7 Å². The number of hydrogen-bond acceptors (Lipinski definition) is 4. The van der Waals surface area contributed by atoms with Crippen molar-refractivity contribution in [2.45, 2.75) is 33.4 Å². The van der Waals surface area contributed by atoms with Gasteiger partial charge in [-0.05, 0) is 37.5 Å². The number of nitrogens with one attached hydrogen (secondary N) is 2. The first kappa shape index (κ1) is 19.3. The van der Waals surface area contributed by atoms with Gasteiger partial charge in [0.15, 0.2) is 0 Å². The van der Waals surface area contributed by atoms with Crippen molar-refractivity contribution in [1.29, 1.82) is 0 Å². The van der Waals surface area contributed by atoms with Crippen LogP contribution in [-0.2, 0) is 6.18 Å². The zero-order valence-electron chi connectivity index (χ0n) is 14.2. The van der Waals surface area contributed by atoms with Gasteiger partial charge in [0.1, 0.15) is 5.82 Å². The van der Waals surface area contributed by atoms with Gasteiger partial charge in [0.25, 0.3) is 0 Å². The molecule has 0 atom stereocenters. The van der Waals surface area contributed by atoms with Crippen LogP contribution in [0.15, 0.2) is 24.3 Å². The van der Waals surface area contributed by atoms with Crippen LogP contribution < -0.4 is 10.6 Å². The lowest BCUT2D eigenvalue weighted by Gasteiger charge is -2.13. The molecule has 8 heteroatoms. The smallest absolute Gasteiger partial charge is 0.354 e. The summed E-state index contributed by atoms with van der Waals surface area (Å²) in [6.07, 6.45) is -3.48. The van der Waals surface area contributed by atoms with Crippen LogP contribution in [0.4, 0.5) is 30.6 Å². The second kappa shape index (κ2) is 7.91. The Labute approximate surface area is 149 Å². The number of benzene rings is 1. The van der Waals surface area contributed by atoms with Gasteiger partial charge in [-0.15, -0.1) is 0 Å². The van der Waals surface area contributed by atoms with E-state index in [4.69, 9.17) is 11.6 Å². The first-order valence-electron chi connectivity index (χ1n) is 7.88. The summed E-state index contributed by atoms with van der Waals surface area (Å²) < 4.78 is 38.6. The van der Waals surface area contributed by atoms with Gasteiger partial charge in [0.05, 0.1) is 16.3 Å². The average molecular weight is 373 g/mol. The number of aryl methyl sites for hydroxylation is 1. The summed E-state index contributed by atoms with van der Waals surface area (Å²) in [6, 6.07) is 4.76. The van der Waals surface area contributed by atoms with Crippen molar-refractivity contribution in [3.63, 3.8) is 0 Å². The van der Waals surface area contributed by atoms with Crippen molar-refractivity contribution >= 4 is 29.1 Å². The quantitative estimate of drug-likeness (QED) is 0.687. The van der Waals surface area contributed by atoms with Gasteiger partial charge in [-0.3, -0.25) is 0 Å². The number of rotatable bonds is 6. The average Bonchev–Trinajstić information content (AvgIpc) is 2.47. The lowest BCUT2D eigenvalue weighted by molar-refractivity contribution is -0.137. The van der Waals surface area contributed by atoms with E-state index >= 15 is 0 Å². The predicted octanol–water partition coefficient (Wildman–Crippen LogP) is 5.66. The zero-order chi connectivity index (χ0) is 18.6. The fourth-order valence-electron chi connectivity index (χ4n) is 2.12. The van der Waals surface area contributed by atoms with Crippen molar-refractivity contribution in [2.75, 3.05) is 17.2 Å². The highest BCUT2D eigenvalue weighted by atomic mass is 35.5. The van der Waals surface area contributed by atoms with Crippen molar-refractivity contribution in [1.82, 2.24) is 9.97 Å². The molecule has 0 saturated heterocycles. The van der Waals surface area contributed by atoms with E-state index in [2.05, 4.69) is 34.4 Å². The number of hydrogen-bond donors (Lipinski definition) is 2. The van der Waals surface area contributed by atoms with E-state index in [1.165, 1.54) is 6.07 Å². The van der Waals surface area contributed by atoms with Crippen LogP contribution in [0.2, 0.25) is 5.02 Å². The lowest BCUT2D eigenvalue weighted by atomic mass is 10.1. The molecule has 0 amide bonds. The van der Waals surface area contributed by atoms with E-state index in [1.807, 2.05) is 0 Å². The third-order valence-electron chi connectivity index (χ3n) is 3.42. The summed E-state index contributed by atoms with van der Waals surface area (Å²) in [7, 11) is 0. The minimum atomic E-state index is -4.44. The Balaban J connectivity index is 2.21. The molecule has 0 bridgehead atoms. The largest absolute Gasteiger partial charge is 0.416 e. The van der Waals surface area contributed by atoms with E-state index in [0.717, 1.165) is 18.6 Å². The molecule has 0 spiro atoms. The SMILES string of the molecule is Cc1cc(Nc2cc(C(F)(F)F)ccc2Cl)nc(NCCC(C)C)n1. The molecular weight excluding hydrogens is 353 g/mol. The molecule has 1 aromatic heterocycles. The van der Waals surface area contributed by atoms with Gasteiger partial charge in [-0.25, -0.2) is 4.98 Å². The second-order valence-corrected chi connectivity index (χ2v) is 6.55. The molecular formula is C17H20ClF3N4. The van der Waals surface area contributed by atoms with Crippen molar-refractivity contribution in [2.24, 2.45) is 5.92 Å². The maximum absolute atomic E-state index is 12.9. The molecule has 0 aliphatic rings. The Bertz CT molecular complexity index is 732. The van der Waals surface area contributed by atoms with E-state index in [9.17, 15) is 13.2 Å². The molecule has 2 N–H and O–H groups in total. The van der Waals surface area contributed by atoms with Crippen LogP contribution in [0.3, 0.4) is 0 Å². The van der Waals surface area contributed by atoms with Gasteiger partial charge in [-0.2, -0.15) is 18.2 Å². The fraction of sp³-hybridized carbons (Fsp3) is 0.412. The first-order chi connectivity index (χ1) is 11.6. The monoisotopic (exact) mass is 372 g/mol. The Kier molecular flexibility index (Phi) is 6.11. The Hall–Kier alpha value is -2.02. The molecule has 4 nitrogen and oxygen atoms in total. The summed E-state index contributed by atoms with van der Waals surface area (Å²) in [5.74, 6) is 1.34. The topological polar surface area (TPSA) is 49.8 Å². The number of aromatic nitrogens is 2. The van der Waals surface area contributed by atoms with Gasteiger partial charge >= 0.3 is 6.18 Å². The van der Waals surface area contributed by atoms with Crippen LogP contribution in [0.5, 0.6) is 0 Å². The van der Waals surface area contributed by atoms with Gasteiger partial charge in [0.2, 0.25) is 5.95 Å². The number of alkyl halides is 3. The third kappa shape index (κ3) is 5.77. The molecule has 2 aromatic rings. The summed E-state index contributed by atoms with van der Waals surface area (Å²) >= 11 is 6.01. The van der Waals surface area contributed by atoms with Gasteiger partial charge in [0, 0.05) is 18.3 Å². The van der Waals surface area contributed by atoms with Crippen molar-refractivity contribution in [3.05, 3.63) is 40.5 Å². The molecule has 136 valence electrons. The summed E-state index contributed by atoms with van der Waals surface area (Å²) in [6.45, 7) is 6.72. The summed E-state index contributed by atoms with van der Waals surface area (Å²) in [5, 5.41) is 6.14. The van der Waals surface area contributed by atoms with E-state index in [0.29, 0.717) is 29.9 Å². The molecule has 1 aromatic carbocycles. The third-order valence-corrected chi connectivity index (χ3v) is 3.75. The van der Waals surface area contributed by atoms with Crippen LogP contribution in [0.1, 0.15) is 31.5 Å². The second-order valence-electron chi connectivity index (χ2n) is 6.14. The maximum Gasteiger partial charge on any atom is 0.416 e. The van der Waals surface area contributed by atoms with Crippen LogP contribution in [-0.4, -0.2) is 16.5 Å². The molecule has 0 saturated carbocycles. The molecule has 0 radical (unpaired) electrons. The Morgan fingerprint density at radius 1 is 1.16 bits per heavy atom. The van der Waals surface area contributed by atoms with Crippen LogP contribution in [0.25, 0.3) is 0 Å². The van der Waals surface area contributed by atoms with E-state index in [1.54, 1.807) is 13.0 Å². The normalized spacial score (nSPS) is 11.7. The first-order valence-corrected chi connectivity index (χ1v) is 8.26. The Morgan fingerprint density at radius 2 is 1.88 bits per heavy atom. The summed E-state index contributed by atoms with van der Waals surface area (Å²) in [4.78, 5) is 8.56. The predicted molar refractivity (Wildman–Crippen MR) is 94.5 cm³/mol. The van der Waals surface area contributed by atoms with E-state index in [-0.39, 0.29) is 10.7 Å². The molecule has 0 aliphatic carbocycles. The number of halogens is 4. The molecule has 0 fully saturated rings. The minimum Gasteiger partial charge on any atom is -0.354 e. The van der Waals surface area contributed by atoms with Gasteiger partial charge in [-0.1, -0.05) is 25.4 Å². The molecule has 1 heterocycles. The Morgan fingerprint density at radius 3 is 2.52 bits per heavy atom. The lowest BCUT2D eigenvalue weighted by Crippen LogP contribution is -2.10. The molecule has 0 aliphatic heterocycles. The molecule has 0 unspecified atom stereocenters. The highest BCUT2D eigenvalue weighted by Crippen LogP contribution is 2.34. The standard InChI is InChI=1S/C17H20ClF3N4/c1-10(2)6-7-22-16-23-11(3)8-15(25-16)24-14-9-12(17(19,20)21)4-5-13(14)18/h4-5,8-10H,6-7H2,1-3H3,(H2,22,23,24,25). The highest BCUT2D eigenvalue weighted by Gasteiger charge is 2.31. The number of nitrogens with zero attached hydrogens (tertiary/aromatic N) is 2. The zero-order valence-corrected chi connectivity index (χ0v) is 15.0. The fourth-order valence-corrected chi connectivity index (χ4v) is 2.28.